The van der Waals surface area contributed by atoms with Crippen LogP contribution in [0.25, 0.3) is 0 Å². The van der Waals surface area contributed by atoms with Gasteiger partial charge in [-0.1, -0.05) is 6.58 Å². The predicted octanol–water partition coefficient (Wildman–Crippen LogP) is 0.787. The maximum Gasteiger partial charge on any atom is 0.332 e. The molecule has 3 nitrogen and oxygen atoms in total. The Bertz CT molecular complexity index is 178. The Morgan fingerprint density at radius 1 is 1.89 bits per heavy atom. The number of carboxylic acids is 1. The van der Waals surface area contributed by atoms with Crippen molar-refractivity contribution < 1.29 is 9.90 Å². The standard InChI is InChI=1S/C6H7NO2/c1-4(3-7)5(2)6(8)9/h4H,2H2,1H3,(H,8,9). The van der Waals surface area contributed by atoms with Crippen molar-refractivity contribution in [2.45, 2.75) is 6.92 Å². The summed E-state index contributed by atoms with van der Waals surface area (Å²) in [6.07, 6.45) is 0. The molecular formula is C6H7NO2. The van der Waals surface area contributed by atoms with E-state index >= 15 is 0 Å². The summed E-state index contributed by atoms with van der Waals surface area (Å²) in [6, 6.07) is 1.77. The molecule has 0 aliphatic carbocycles. The first-order chi connectivity index (χ1) is 4.09. The molecule has 1 unspecified atom stereocenters. The summed E-state index contributed by atoms with van der Waals surface area (Å²) in [5.41, 5.74) is -0.0579. The Hall–Kier alpha value is -1.30. The molecule has 9 heavy (non-hydrogen) atoms. The van der Waals surface area contributed by atoms with Gasteiger partial charge in [0, 0.05) is 5.57 Å². The molecular weight excluding hydrogens is 118 g/mol. The van der Waals surface area contributed by atoms with Crippen molar-refractivity contribution in [2.24, 2.45) is 5.92 Å². The second kappa shape index (κ2) is 2.88. The normalized spacial score (nSPS) is 11.6. The molecule has 0 saturated carbocycles. The van der Waals surface area contributed by atoms with Crippen LogP contribution in [0, 0.1) is 17.2 Å². The lowest BCUT2D eigenvalue weighted by Gasteiger charge is -1.97. The lowest BCUT2D eigenvalue weighted by molar-refractivity contribution is -0.133. The molecule has 0 aromatic heterocycles. The Labute approximate surface area is 53.2 Å². The van der Waals surface area contributed by atoms with Gasteiger partial charge in [-0.2, -0.15) is 5.26 Å². The number of rotatable bonds is 2. The molecule has 1 N–H and O–H groups in total. The average Bonchev–Trinajstić information content (AvgIpc) is 1.84. The summed E-state index contributed by atoms with van der Waals surface area (Å²) in [6.45, 7) is 4.70. The maximum absolute atomic E-state index is 10.0. The molecule has 0 saturated heterocycles. The largest absolute Gasteiger partial charge is 0.478 e. The molecule has 0 aromatic carbocycles. The summed E-state index contributed by atoms with van der Waals surface area (Å²) in [7, 11) is 0. The highest BCUT2D eigenvalue weighted by atomic mass is 16.4. The minimum Gasteiger partial charge on any atom is -0.478 e. The molecule has 0 spiro atoms. The van der Waals surface area contributed by atoms with Crippen molar-refractivity contribution in [3.63, 3.8) is 0 Å². The van der Waals surface area contributed by atoms with Gasteiger partial charge in [0.25, 0.3) is 0 Å². The van der Waals surface area contributed by atoms with E-state index in [9.17, 15) is 4.79 Å². The molecule has 0 aliphatic heterocycles. The summed E-state index contributed by atoms with van der Waals surface area (Å²) in [5, 5.41) is 16.4. The van der Waals surface area contributed by atoms with Gasteiger partial charge in [0.15, 0.2) is 0 Å². The highest BCUT2D eigenvalue weighted by molar-refractivity contribution is 5.86. The van der Waals surface area contributed by atoms with Crippen molar-refractivity contribution in [3.8, 4) is 6.07 Å². The molecule has 0 amide bonds. The number of nitrogens with zero attached hydrogens (tertiary/aromatic N) is 1. The van der Waals surface area contributed by atoms with Crippen LogP contribution >= 0.6 is 0 Å². The van der Waals surface area contributed by atoms with E-state index < -0.39 is 11.9 Å². The molecule has 3 heteroatoms. The summed E-state index contributed by atoms with van der Waals surface area (Å²) in [4.78, 5) is 10.0. The molecule has 0 radical (unpaired) electrons. The third kappa shape index (κ3) is 1.96. The van der Waals surface area contributed by atoms with Crippen molar-refractivity contribution in [1.29, 1.82) is 5.26 Å². The van der Waals surface area contributed by atoms with Crippen LogP contribution in [0.1, 0.15) is 6.92 Å². The first kappa shape index (κ1) is 7.70. The van der Waals surface area contributed by atoms with Gasteiger partial charge in [-0.15, -0.1) is 0 Å². The first-order valence-electron chi connectivity index (χ1n) is 2.41. The quantitative estimate of drug-likeness (QED) is 0.555. The highest BCUT2D eigenvalue weighted by Crippen LogP contribution is 2.04. The van der Waals surface area contributed by atoms with E-state index in [-0.39, 0.29) is 5.57 Å². The van der Waals surface area contributed by atoms with E-state index in [1.54, 1.807) is 6.07 Å². The number of carbonyl (C=O) groups is 1. The molecule has 48 valence electrons. The topological polar surface area (TPSA) is 61.1 Å². The van der Waals surface area contributed by atoms with Crippen LogP contribution in [0.2, 0.25) is 0 Å². The number of aliphatic carboxylic acids is 1. The van der Waals surface area contributed by atoms with Gasteiger partial charge < -0.3 is 5.11 Å². The molecule has 0 bridgehead atoms. The SMILES string of the molecule is C=C(C(=O)O)C(C)C#N. The van der Waals surface area contributed by atoms with E-state index in [4.69, 9.17) is 10.4 Å². The average molecular weight is 125 g/mol. The van der Waals surface area contributed by atoms with Crippen LogP contribution < -0.4 is 0 Å². The van der Waals surface area contributed by atoms with E-state index in [1.807, 2.05) is 0 Å². The van der Waals surface area contributed by atoms with E-state index in [2.05, 4.69) is 6.58 Å². The van der Waals surface area contributed by atoms with Crippen LogP contribution in [0.4, 0.5) is 0 Å². The molecule has 1 atom stereocenters. The fourth-order valence-electron chi connectivity index (χ4n) is 0.263. The Balaban J connectivity index is 4.09. The second-order valence-electron chi connectivity index (χ2n) is 1.68. The van der Waals surface area contributed by atoms with E-state index in [0.717, 1.165) is 0 Å². The smallest absolute Gasteiger partial charge is 0.332 e. The third-order valence-corrected chi connectivity index (χ3v) is 0.991. The molecule has 0 fully saturated rings. The monoisotopic (exact) mass is 125 g/mol. The zero-order valence-corrected chi connectivity index (χ0v) is 5.09. The van der Waals surface area contributed by atoms with Crippen LogP contribution in [0.3, 0.4) is 0 Å². The van der Waals surface area contributed by atoms with Gasteiger partial charge in [0.2, 0.25) is 0 Å². The lowest BCUT2D eigenvalue weighted by Crippen LogP contribution is -2.05. The van der Waals surface area contributed by atoms with Crippen molar-refractivity contribution in [2.75, 3.05) is 0 Å². The van der Waals surface area contributed by atoms with Crippen molar-refractivity contribution >= 4 is 5.97 Å². The van der Waals surface area contributed by atoms with Gasteiger partial charge in [-0.3, -0.25) is 0 Å². The fourth-order valence-corrected chi connectivity index (χ4v) is 0.263. The number of hydrogen-bond donors (Lipinski definition) is 1. The van der Waals surface area contributed by atoms with Crippen LogP contribution in [-0.4, -0.2) is 11.1 Å². The molecule has 0 heterocycles. The van der Waals surface area contributed by atoms with Gasteiger partial charge in [0.1, 0.15) is 0 Å². The van der Waals surface area contributed by atoms with Crippen LogP contribution in [0.5, 0.6) is 0 Å². The number of hydrogen-bond acceptors (Lipinski definition) is 2. The van der Waals surface area contributed by atoms with Crippen molar-refractivity contribution in [3.05, 3.63) is 12.2 Å². The Morgan fingerprint density at radius 3 is 2.44 bits per heavy atom. The van der Waals surface area contributed by atoms with Crippen molar-refractivity contribution in [1.82, 2.24) is 0 Å². The predicted molar refractivity (Wildman–Crippen MR) is 31.6 cm³/mol. The summed E-state index contributed by atoms with van der Waals surface area (Å²) in [5.74, 6) is -1.70. The zero-order valence-electron chi connectivity index (χ0n) is 5.09. The maximum atomic E-state index is 10.0. The summed E-state index contributed by atoms with van der Waals surface area (Å²) >= 11 is 0. The van der Waals surface area contributed by atoms with Gasteiger partial charge >= 0.3 is 5.97 Å². The number of nitriles is 1. The third-order valence-electron chi connectivity index (χ3n) is 0.991. The van der Waals surface area contributed by atoms with E-state index in [1.165, 1.54) is 6.92 Å². The lowest BCUT2D eigenvalue weighted by atomic mass is 10.1. The summed E-state index contributed by atoms with van der Waals surface area (Å²) < 4.78 is 0. The molecule has 0 aromatic rings. The molecule has 0 rings (SSSR count). The van der Waals surface area contributed by atoms with Gasteiger partial charge in [-0.25, -0.2) is 4.79 Å². The highest BCUT2D eigenvalue weighted by Gasteiger charge is 2.11. The second-order valence-corrected chi connectivity index (χ2v) is 1.68. The number of carboxylic acid groups (broad SMARTS) is 1. The van der Waals surface area contributed by atoms with Gasteiger partial charge in [0.05, 0.1) is 12.0 Å². The minimum absolute atomic E-state index is 0.0579. The van der Waals surface area contributed by atoms with Crippen LogP contribution in [-0.2, 0) is 4.79 Å². The van der Waals surface area contributed by atoms with Gasteiger partial charge in [-0.05, 0) is 6.92 Å². The van der Waals surface area contributed by atoms with Crippen LogP contribution in [0.15, 0.2) is 12.2 Å². The first-order valence-corrected chi connectivity index (χ1v) is 2.41. The molecule has 0 aliphatic rings. The van der Waals surface area contributed by atoms with E-state index in [0.29, 0.717) is 0 Å². The zero-order chi connectivity index (χ0) is 7.44. The fraction of sp³-hybridized carbons (Fsp3) is 0.333. The Kier molecular flexibility index (Phi) is 2.46. The minimum atomic E-state index is -1.11. The Morgan fingerprint density at radius 2 is 2.33 bits per heavy atom.